The van der Waals surface area contributed by atoms with Gasteiger partial charge in [-0.2, -0.15) is 0 Å². The number of nitrogens with zero attached hydrogens (tertiary/aromatic N) is 3. The summed E-state index contributed by atoms with van der Waals surface area (Å²) in [5, 5.41) is 4.04. The second-order valence-electron chi connectivity index (χ2n) is 6.93. The third kappa shape index (κ3) is 4.63. The minimum absolute atomic E-state index is 0.0311. The molecule has 5 nitrogen and oxygen atoms in total. The van der Waals surface area contributed by atoms with E-state index in [1.54, 1.807) is 17.5 Å². The lowest BCUT2D eigenvalue weighted by molar-refractivity contribution is -0.116. The fraction of sp³-hybridized carbons (Fsp3) is 0.381. The largest absolute Gasteiger partial charge is 0.357 e. The minimum atomic E-state index is 0.0311. The van der Waals surface area contributed by atoms with Crippen molar-refractivity contribution in [1.29, 1.82) is 0 Å². The van der Waals surface area contributed by atoms with Crippen molar-refractivity contribution in [3.63, 3.8) is 0 Å². The molecule has 1 N–H and O–H groups in total. The van der Waals surface area contributed by atoms with Gasteiger partial charge in [0.05, 0.1) is 27.1 Å². The number of piperidine rings is 1. The first-order chi connectivity index (χ1) is 13.3. The van der Waals surface area contributed by atoms with E-state index in [1.807, 2.05) is 30.3 Å². The summed E-state index contributed by atoms with van der Waals surface area (Å²) in [6.45, 7) is 2.15. The van der Waals surface area contributed by atoms with Crippen molar-refractivity contribution in [2.24, 2.45) is 0 Å². The van der Waals surface area contributed by atoms with Crippen molar-refractivity contribution in [2.75, 3.05) is 23.3 Å². The Morgan fingerprint density at radius 2 is 1.96 bits per heavy atom. The van der Waals surface area contributed by atoms with E-state index in [9.17, 15) is 4.79 Å². The number of aromatic nitrogens is 2. The molecule has 2 aromatic heterocycles. The van der Waals surface area contributed by atoms with E-state index in [0.29, 0.717) is 6.42 Å². The van der Waals surface area contributed by atoms with Crippen LogP contribution in [0.25, 0.3) is 10.2 Å². The number of carbonyl (C=O) groups excluding carboxylic acids is 1. The summed E-state index contributed by atoms with van der Waals surface area (Å²) in [6.07, 6.45) is 7.65. The minimum Gasteiger partial charge on any atom is -0.357 e. The van der Waals surface area contributed by atoms with E-state index >= 15 is 0 Å². The van der Waals surface area contributed by atoms with Crippen LogP contribution >= 0.6 is 11.3 Å². The monoisotopic (exact) mass is 380 g/mol. The zero-order chi connectivity index (χ0) is 18.5. The number of anilines is 2. The Morgan fingerprint density at radius 3 is 2.74 bits per heavy atom. The number of benzene rings is 1. The molecular formula is C21H24N4OS. The molecule has 0 bridgehead atoms. The van der Waals surface area contributed by atoms with Crippen LogP contribution in [0, 0.1) is 0 Å². The average Bonchev–Trinajstić information content (AvgIpc) is 3.12. The molecule has 0 spiro atoms. The smallest absolute Gasteiger partial charge is 0.224 e. The van der Waals surface area contributed by atoms with Crippen molar-refractivity contribution in [3.05, 3.63) is 47.6 Å². The second kappa shape index (κ2) is 8.48. The highest BCUT2D eigenvalue weighted by atomic mass is 32.1. The Kier molecular flexibility index (Phi) is 5.63. The van der Waals surface area contributed by atoms with Gasteiger partial charge in [-0.1, -0.05) is 12.1 Å². The molecule has 1 aliphatic rings. The van der Waals surface area contributed by atoms with Crippen molar-refractivity contribution in [2.45, 2.75) is 38.5 Å². The van der Waals surface area contributed by atoms with Crippen LogP contribution in [-0.4, -0.2) is 29.0 Å². The average molecular weight is 381 g/mol. The molecular weight excluding hydrogens is 356 g/mol. The fourth-order valence-electron chi connectivity index (χ4n) is 3.42. The zero-order valence-corrected chi connectivity index (χ0v) is 16.2. The van der Waals surface area contributed by atoms with Crippen LogP contribution < -0.4 is 10.2 Å². The van der Waals surface area contributed by atoms with Gasteiger partial charge in [0.25, 0.3) is 0 Å². The summed E-state index contributed by atoms with van der Waals surface area (Å²) in [4.78, 5) is 23.6. The predicted octanol–water partition coefficient (Wildman–Crippen LogP) is 4.64. The molecule has 1 aliphatic heterocycles. The SMILES string of the molecule is O=C(CCCc1nc2ccccc2s1)Nc1ccc(N2CCCCC2)nc1. The maximum absolute atomic E-state index is 12.2. The third-order valence-electron chi connectivity index (χ3n) is 4.84. The third-order valence-corrected chi connectivity index (χ3v) is 5.94. The van der Waals surface area contributed by atoms with Gasteiger partial charge in [-0.05, 0) is 56.4 Å². The summed E-state index contributed by atoms with van der Waals surface area (Å²) in [6, 6.07) is 12.1. The first-order valence-electron chi connectivity index (χ1n) is 9.63. The Balaban J connectivity index is 1.25. The number of hydrogen-bond donors (Lipinski definition) is 1. The fourth-order valence-corrected chi connectivity index (χ4v) is 4.43. The van der Waals surface area contributed by atoms with Crippen molar-refractivity contribution in [3.8, 4) is 0 Å². The number of para-hydroxylation sites is 1. The molecule has 3 heterocycles. The van der Waals surface area contributed by atoms with Crippen LogP contribution in [0.3, 0.4) is 0 Å². The highest BCUT2D eigenvalue weighted by Crippen LogP contribution is 2.23. The number of aryl methyl sites for hydroxylation is 1. The van der Waals surface area contributed by atoms with E-state index in [4.69, 9.17) is 0 Å². The maximum Gasteiger partial charge on any atom is 0.224 e. The van der Waals surface area contributed by atoms with Gasteiger partial charge in [0.2, 0.25) is 5.91 Å². The van der Waals surface area contributed by atoms with Crippen LogP contribution in [0.5, 0.6) is 0 Å². The molecule has 140 valence electrons. The van der Waals surface area contributed by atoms with Crippen LogP contribution in [0.2, 0.25) is 0 Å². The quantitative estimate of drug-likeness (QED) is 0.677. The van der Waals surface area contributed by atoms with Crippen molar-refractivity contribution >= 4 is 39.0 Å². The van der Waals surface area contributed by atoms with Crippen LogP contribution in [-0.2, 0) is 11.2 Å². The predicted molar refractivity (Wildman–Crippen MR) is 111 cm³/mol. The summed E-state index contributed by atoms with van der Waals surface area (Å²) < 4.78 is 1.21. The normalized spacial score (nSPS) is 14.4. The lowest BCUT2D eigenvalue weighted by atomic mass is 10.1. The Hall–Kier alpha value is -2.47. The molecule has 0 saturated carbocycles. The summed E-state index contributed by atoms with van der Waals surface area (Å²) in [5.74, 6) is 1.03. The Morgan fingerprint density at radius 1 is 1.11 bits per heavy atom. The number of hydrogen-bond acceptors (Lipinski definition) is 5. The first kappa shape index (κ1) is 17.9. The molecule has 4 rings (SSSR count). The number of fused-ring (bicyclic) bond motifs is 1. The molecule has 1 amide bonds. The molecule has 1 fully saturated rings. The van der Waals surface area contributed by atoms with Gasteiger partial charge in [0.1, 0.15) is 5.82 Å². The molecule has 0 unspecified atom stereocenters. The molecule has 6 heteroatoms. The first-order valence-corrected chi connectivity index (χ1v) is 10.4. The molecule has 0 aliphatic carbocycles. The van der Waals surface area contributed by atoms with Gasteiger partial charge in [0, 0.05) is 19.5 Å². The van der Waals surface area contributed by atoms with E-state index in [1.165, 1.54) is 24.0 Å². The zero-order valence-electron chi connectivity index (χ0n) is 15.4. The number of nitrogens with one attached hydrogen (secondary N) is 1. The van der Waals surface area contributed by atoms with Gasteiger partial charge in [0.15, 0.2) is 0 Å². The Labute approximate surface area is 163 Å². The van der Waals surface area contributed by atoms with Gasteiger partial charge >= 0.3 is 0 Å². The highest BCUT2D eigenvalue weighted by Gasteiger charge is 2.12. The highest BCUT2D eigenvalue weighted by molar-refractivity contribution is 7.18. The maximum atomic E-state index is 12.2. The Bertz CT molecular complexity index is 867. The number of carbonyl (C=O) groups is 1. The lowest BCUT2D eigenvalue weighted by Crippen LogP contribution is -2.30. The molecule has 1 saturated heterocycles. The molecule has 27 heavy (non-hydrogen) atoms. The van der Waals surface area contributed by atoms with Gasteiger partial charge in [-0.3, -0.25) is 4.79 Å². The van der Waals surface area contributed by atoms with Gasteiger partial charge in [-0.15, -0.1) is 11.3 Å². The number of rotatable bonds is 6. The van der Waals surface area contributed by atoms with E-state index in [0.717, 1.165) is 48.0 Å². The molecule has 1 aromatic carbocycles. The van der Waals surface area contributed by atoms with Crippen LogP contribution in [0.1, 0.15) is 37.1 Å². The van der Waals surface area contributed by atoms with Crippen molar-refractivity contribution < 1.29 is 4.79 Å². The van der Waals surface area contributed by atoms with Crippen molar-refractivity contribution in [1.82, 2.24) is 9.97 Å². The second-order valence-corrected chi connectivity index (χ2v) is 8.05. The van der Waals surface area contributed by atoms with Gasteiger partial charge < -0.3 is 10.2 Å². The molecule has 0 radical (unpaired) electrons. The molecule has 0 atom stereocenters. The van der Waals surface area contributed by atoms with Crippen LogP contribution in [0.15, 0.2) is 42.6 Å². The van der Waals surface area contributed by atoms with E-state index in [-0.39, 0.29) is 5.91 Å². The summed E-state index contributed by atoms with van der Waals surface area (Å²) in [5.41, 5.74) is 1.81. The molecule has 3 aromatic rings. The standard InChI is InChI=1S/C21H24N4OS/c26-20(9-6-10-21-24-17-7-2-3-8-18(17)27-21)23-16-11-12-19(22-15-16)25-13-4-1-5-14-25/h2-3,7-8,11-12,15H,1,4-6,9-10,13-14H2,(H,23,26). The summed E-state index contributed by atoms with van der Waals surface area (Å²) in [7, 11) is 0. The summed E-state index contributed by atoms with van der Waals surface area (Å²) >= 11 is 1.71. The van der Waals surface area contributed by atoms with Gasteiger partial charge in [-0.25, -0.2) is 9.97 Å². The van der Waals surface area contributed by atoms with E-state index in [2.05, 4.69) is 26.3 Å². The number of amides is 1. The number of pyridine rings is 1. The topological polar surface area (TPSA) is 58.1 Å². The van der Waals surface area contributed by atoms with E-state index < -0.39 is 0 Å². The lowest BCUT2D eigenvalue weighted by Gasteiger charge is -2.27. The number of thiazole rings is 1. The van der Waals surface area contributed by atoms with Crippen LogP contribution in [0.4, 0.5) is 11.5 Å².